The predicted molar refractivity (Wildman–Crippen MR) is 89.5 cm³/mol. The quantitative estimate of drug-likeness (QED) is 0.457. The van der Waals surface area contributed by atoms with Crippen LogP contribution in [0.1, 0.15) is 5.56 Å². The van der Waals surface area contributed by atoms with Crippen LogP contribution in [0.4, 0.5) is 10.1 Å². The topological polar surface area (TPSA) is 103 Å². The van der Waals surface area contributed by atoms with E-state index in [2.05, 4.69) is 9.98 Å². The number of thioether (sulfide) groups is 1. The zero-order valence-electron chi connectivity index (χ0n) is 11.7. The Labute approximate surface area is 132 Å². The molecule has 7 heteroatoms. The number of aliphatic imine (C=N–C) groups is 2. The highest BCUT2D eigenvalue weighted by molar-refractivity contribution is 7.98. The molecule has 0 fully saturated rings. The molecule has 0 radical (unpaired) electrons. The number of guanidine groups is 2. The van der Waals surface area contributed by atoms with E-state index in [0.29, 0.717) is 11.4 Å². The molecule has 22 heavy (non-hydrogen) atoms. The van der Waals surface area contributed by atoms with E-state index >= 15 is 0 Å². The van der Waals surface area contributed by atoms with Crippen LogP contribution in [0.3, 0.4) is 0 Å². The van der Waals surface area contributed by atoms with Gasteiger partial charge in [-0.25, -0.2) is 9.38 Å². The monoisotopic (exact) mass is 317 g/mol. The molecule has 0 amide bonds. The van der Waals surface area contributed by atoms with Gasteiger partial charge in [0.25, 0.3) is 0 Å². The van der Waals surface area contributed by atoms with E-state index in [-0.39, 0.29) is 17.7 Å². The number of halogens is 1. The van der Waals surface area contributed by atoms with E-state index < -0.39 is 0 Å². The number of rotatable bonds is 4. The van der Waals surface area contributed by atoms with Crippen molar-refractivity contribution in [3.63, 3.8) is 0 Å². The summed E-state index contributed by atoms with van der Waals surface area (Å²) in [6.07, 6.45) is 0. The number of nitrogens with two attached hydrogens (primary N) is 3. The molecule has 2 aromatic carbocycles. The summed E-state index contributed by atoms with van der Waals surface area (Å²) in [7, 11) is 0. The minimum absolute atomic E-state index is 0.0150. The second-order valence-corrected chi connectivity index (χ2v) is 5.41. The van der Waals surface area contributed by atoms with Crippen LogP contribution < -0.4 is 17.2 Å². The minimum atomic E-state index is -0.249. The molecular formula is C15H16FN5S. The fourth-order valence-corrected chi connectivity index (χ4v) is 2.68. The summed E-state index contributed by atoms with van der Waals surface area (Å²) in [6.45, 7) is 0. The summed E-state index contributed by atoms with van der Waals surface area (Å²) >= 11 is 1.53. The smallest absolute Gasteiger partial charge is 0.223 e. The van der Waals surface area contributed by atoms with Gasteiger partial charge in [0, 0.05) is 10.6 Å². The molecule has 0 saturated carbocycles. The molecule has 0 aliphatic carbocycles. The molecule has 0 atom stereocenters. The average molecular weight is 317 g/mol. The van der Waals surface area contributed by atoms with E-state index in [0.717, 1.165) is 10.5 Å². The molecule has 0 bridgehead atoms. The van der Waals surface area contributed by atoms with Crippen LogP contribution in [0.15, 0.2) is 63.4 Å². The first-order chi connectivity index (χ1) is 10.5. The van der Waals surface area contributed by atoms with Crippen molar-refractivity contribution < 1.29 is 4.39 Å². The molecule has 2 rings (SSSR count). The van der Waals surface area contributed by atoms with Crippen LogP contribution in [-0.2, 0) is 5.75 Å². The largest absolute Gasteiger partial charge is 0.370 e. The summed E-state index contributed by atoms with van der Waals surface area (Å²) in [5, 5.41) is 0. The lowest BCUT2D eigenvalue weighted by Gasteiger charge is -2.06. The zero-order valence-corrected chi connectivity index (χ0v) is 12.6. The highest BCUT2D eigenvalue weighted by Gasteiger charge is 2.04. The lowest BCUT2D eigenvalue weighted by Crippen LogP contribution is -2.26. The summed E-state index contributed by atoms with van der Waals surface area (Å²) in [5.74, 6) is 0.207. The first-order valence-electron chi connectivity index (χ1n) is 6.44. The van der Waals surface area contributed by atoms with Crippen LogP contribution in [0.2, 0.25) is 0 Å². The third-order valence-corrected chi connectivity index (χ3v) is 3.76. The Bertz CT molecular complexity index is 711. The van der Waals surface area contributed by atoms with E-state index in [1.54, 1.807) is 6.07 Å². The van der Waals surface area contributed by atoms with Crippen molar-refractivity contribution in [1.82, 2.24) is 0 Å². The van der Waals surface area contributed by atoms with E-state index in [1.807, 2.05) is 30.3 Å². The van der Waals surface area contributed by atoms with Crippen LogP contribution in [0.5, 0.6) is 0 Å². The highest BCUT2D eigenvalue weighted by atomic mass is 32.2. The molecule has 0 aliphatic rings. The Kier molecular flexibility index (Phi) is 5.37. The summed E-state index contributed by atoms with van der Waals surface area (Å²) in [5.41, 5.74) is 17.7. The van der Waals surface area contributed by atoms with Crippen LogP contribution >= 0.6 is 11.8 Å². The third-order valence-electron chi connectivity index (χ3n) is 2.63. The van der Waals surface area contributed by atoms with E-state index in [4.69, 9.17) is 17.2 Å². The van der Waals surface area contributed by atoms with Gasteiger partial charge >= 0.3 is 0 Å². The van der Waals surface area contributed by atoms with E-state index in [9.17, 15) is 4.39 Å². The van der Waals surface area contributed by atoms with Gasteiger partial charge in [0.2, 0.25) is 5.96 Å². The van der Waals surface area contributed by atoms with Crippen molar-refractivity contribution in [2.75, 3.05) is 0 Å². The number of para-hydroxylation sites is 1. The Morgan fingerprint density at radius 1 is 1.05 bits per heavy atom. The summed E-state index contributed by atoms with van der Waals surface area (Å²) in [6, 6.07) is 13.9. The fraction of sp³-hybridized carbons (Fsp3) is 0.0667. The Morgan fingerprint density at radius 2 is 1.82 bits per heavy atom. The van der Waals surface area contributed by atoms with Crippen LogP contribution in [0.25, 0.3) is 0 Å². The molecular weight excluding hydrogens is 301 g/mol. The van der Waals surface area contributed by atoms with Crippen molar-refractivity contribution in [3.05, 3.63) is 59.9 Å². The van der Waals surface area contributed by atoms with Crippen LogP contribution in [0, 0.1) is 5.82 Å². The molecule has 0 aliphatic heterocycles. The van der Waals surface area contributed by atoms with Gasteiger partial charge in [-0.15, -0.1) is 11.8 Å². The van der Waals surface area contributed by atoms with Crippen molar-refractivity contribution in [1.29, 1.82) is 0 Å². The lowest BCUT2D eigenvalue weighted by atomic mass is 10.2. The standard InChI is InChI=1S/C15H16FN5S/c16-11-5-3-4-10(8-11)9-22-13-7-2-1-6-12(13)20-15(19)21-14(17)18/h1-8H,9H2,(H6,17,18,19,20,21). The van der Waals surface area contributed by atoms with Gasteiger partial charge in [-0.05, 0) is 29.8 Å². The van der Waals surface area contributed by atoms with Crippen molar-refractivity contribution in [2.45, 2.75) is 10.6 Å². The van der Waals surface area contributed by atoms with E-state index in [1.165, 1.54) is 23.9 Å². The molecule has 114 valence electrons. The maximum atomic E-state index is 13.2. The van der Waals surface area contributed by atoms with Crippen LogP contribution in [-0.4, -0.2) is 11.9 Å². The van der Waals surface area contributed by atoms with Gasteiger partial charge in [-0.3, -0.25) is 0 Å². The Morgan fingerprint density at radius 3 is 2.55 bits per heavy atom. The molecule has 5 nitrogen and oxygen atoms in total. The maximum Gasteiger partial charge on any atom is 0.223 e. The van der Waals surface area contributed by atoms with Gasteiger partial charge in [-0.1, -0.05) is 24.3 Å². The SMILES string of the molecule is NC(N)=NC(N)=Nc1ccccc1SCc1cccc(F)c1. The van der Waals surface area contributed by atoms with Crippen molar-refractivity contribution >= 4 is 29.4 Å². The molecule has 0 saturated heterocycles. The van der Waals surface area contributed by atoms with Gasteiger partial charge in [0.1, 0.15) is 5.82 Å². The first-order valence-corrected chi connectivity index (χ1v) is 7.43. The summed E-state index contributed by atoms with van der Waals surface area (Å²) < 4.78 is 13.2. The Hall–Kier alpha value is -2.54. The molecule has 2 aromatic rings. The number of benzene rings is 2. The summed E-state index contributed by atoms with van der Waals surface area (Å²) in [4.78, 5) is 8.77. The first kappa shape index (κ1) is 15.8. The van der Waals surface area contributed by atoms with Gasteiger partial charge in [-0.2, -0.15) is 4.99 Å². The van der Waals surface area contributed by atoms with Gasteiger partial charge in [0.05, 0.1) is 5.69 Å². The Balaban J connectivity index is 2.16. The number of nitrogens with zero attached hydrogens (tertiary/aromatic N) is 2. The number of hydrogen-bond donors (Lipinski definition) is 3. The number of hydrogen-bond acceptors (Lipinski definition) is 2. The second kappa shape index (κ2) is 7.46. The average Bonchev–Trinajstić information content (AvgIpc) is 2.45. The molecule has 6 N–H and O–H groups in total. The fourth-order valence-electron chi connectivity index (χ4n) is 1.74. The maximum absolute atomic E-state index is 13.2. The van der Waals surface area contributed by atoms with Crippen molar-refractivity contribution in [2.24, 2.45) is 27.2 Å². The molecule has 0 spiro atoms. The predicted octanol–water partition coefficient (Wildman–Crippen LogP) is 2.34. The minimum Gasteiger partial charge on any atom is -0.370 e. The highest BCUT2D eigenvalue weighted by Crippen LogP contribution is 2.31. The second-order valence-electron chi connectivity index (χ2n) is 4.39. The van der Waals surface area contributed by atoms with Gasteiger partial charge in [0.15, 0.2) is 5.96 Å². The van der Waals surface area contributed by atoms with Gasteiger partial charge < -0.3 is 17.2 Å². The lowest BCUT2D eigenvalue weighted by molar-refractivity contribution is 0.626. The van der Waals surface area contributed by atoms with Crippen molar-refractivity contribution in [3.8, 4) is 0 Å². The normalized spacial score (nSPS) is 11.2. The molecule has 0 unspecified atom stereocenters. The molecule has 0 aromatic heterocycles. The zero-order chi connectivity index (χ0) is 15.9. The molecule has 0 heterocycles. The third kappa shape index (κ3) is 4.78.